The Hall–Kier alpha value is -3.15. The fraction of sp³-hybridized carbons (Fsp3) is 0.375. The second kappa shape index (κ2) is 10.1. The van der Waals surface area contributed by atoms with Crippen LogP contribution in [0.5, 0.6) is 6.01 Å². The van der Waals surface area contributed by atoms with Crippen LogP contribution in [-0.4, -0.2) is 32.4 Å². The second-order valence-corrected chi connectivity index (χ2v) is 7.79. The van der Waals surface area contributed by atoms with Gasteiger partial charge in [0, 0.05) is 13.0 Å². The topological polar surface area (TPSA) is 77.2 Å². The predicted octanol–water partition coefficient (Wildman–Crippen LogP) is 5.07. The summed E-state index contributed by atoms with van der Waals surface area (Å²) in [7, 11) is 0. The smallest absolute Gasteiger partial charge is 0.336 e. The summed E-state index contributed by atoms with van der Waals surface area (Å²) in [4.78, 5) is 16.1. The van der Waals surface area contributed by atoms with Crippen molar-refractivity contribution in [3.63, 3.8) is 0 Å². The van der Waals surface area contributed by atoms with E-state index in [1.165, 1.54) is 0 Å². The number of carboxylic acid groups (broad SMARTS) is 1. The molecule has 158 valence electrons. The van der Waals surface area contributed by atoms with E-state index < -0.39 is 5.97 Å². The number of benzene rings is 2. The van der Waals surface area contributed by atoms with Crippen LogP contribution in [-0.2, 0) is 13.0 Å². The van der Waals surface area contributed by atoms with Crippen LogP contribution < -0.4 is 4.74 Å². The summed E-state index contributed by atoms with van der Waals surface area (Å²) in [5.74, 6) is 0.531. The summed E-state index contributed by atoms with van der Waals surface area (Å²) in [5, 5.41) is 14.0. The summed E-state index contributed by atoms with van der Waals surface area (Å²) < 4.78 is 7.58. The van der Waals surface area contributed by atoms with Crippen LogP contribution in [0.3, 0.4) is 0 Å². The minimum atomic E-state index is -0.924. The summed E-state index contributed by atoms with van der Waals surface area (Å²) >= 11 is 0. The van der Waals surface area contributed by atoms with Gasteiger partial charge in [0.05, 0.1) is 12.2 Å². The average Bonchev–Trinajstić information content (AvgIpc) is 3.12. The zero-order chi connectivity index (χ0) is 21.5. The number of rotatable bonds is 10. The van der Waals surface area contributed by atoms with E-state index in [0.29, 0.717) is 36.1 Å². The molecule has 0 fully saturated rings. The number of ether oxygens (including phenoxy) is 1. The second-order valence-electron chi connectivity index (χ2n) is 7.79. The van der Waals surface area contributed by atoms with Crippen molar-refractivity contribution in [1.29, 1.82) is 0 Å². The van der Waals surface area contributed by atoms with Crippen LogP contribution in [0, 0.1) is 5.92 Å². The Morgan fingerprint density at radius 3 is 2.53 bits per heavy atom. The lowest BCUT2D eigenvalue weighted by Gasteiger charge is -2.09. The molecule has 1 heterocycles. The van der Waals surface area contributed by atoms with Gasteiger partial charge < -0.3 is 9.84 Å². The monoisotopic (exact) mass is 407 g/mol. The number of aryl methyl sites for hydroxylation is 1. The normalized spacial score (nSPS) is 11.1. The van der Waals surface area contributed by atoms with E-state index in [0.717, 1.165) is 36.3 Å². The summed E-state index contributed by atoms with van der Waals surface area (Å²) in [6, 6.07) is 15.4. The molecular weight excluding hydrogens is 378 g/mol. The maximum Gasteiger partial charge on any atom is 0.336 e. The Morgan fingerprint density at radius 1 is 1.13 bits per heavy atom. The Morgan fingerprint density at radius 2 is 1.87 bits per heavy atom. The highest BCUT2D eigenvalue weighted by Crippen LogP contribution is 2.25. The molecule has 6 heteroatoms. The molecule has 1 N–H and O–H groups in total. The van der Waals surface area contributed by atoms with Crippen molar-refractivity contribution >= 4 is 5.97 Å². The number of aromatic nitrogens is 3. The molecule has 0 spiro atoms. The largest absolute Gasteiger partial charge is 0.478 e. The first-order valence-electron chi connectivity index (χ1n) is 10.5. The molecule has 0 saturated heterocycles. The van der Waals surface area contributed by atoms with Gasteiger partial charge in [-0.3, -0.25) is 0 Å². The van der Waals surface area contributed by atoms with E-state index in [1.807, 2.05) is 41.1 Å². The van der Waals surface area contributed by atoms with Crippen LogP contribution in [0.4, 0.5) is 0 Å². The molecule has 0 unspecified atom stereocenters. The number of nitrogens with zero attached hydrogens (tertiary/aromatic N) is 3. The van der Waals surface area contributed by atoms with E-state index in [9.17, 15) is 9.90 Å². The molecule has 30 heavy (non-hydrogen) atoms. The lowest BCUT2D eigenvalue weighted by Crippen LogP contribution is -2.08. The van der Waals surface area contributed by atoms with Crippen molar-refractivity contribution in [2.45, 2.75) is 46.6 Å². The van der Waals surface area contributed by atoms with E-state index in [-0.39, 0.29) is 0 Å². The molecule has 0 amide bonds. The maximum atomic E-state index is 11.5. The molecule has 3 rings (SSSR count). The van der Waals surface area contributed by atoms with Gasteiger partial charge in [-0.2, -0.15) is 4.98 Å². The van der Waals surface area contributed by atoms with Crippen molar-refractivity contribution in [1.82, 2.24) is 14.8 Å². The molecule has 0 aliphatic carbocycles. The molecule has 0 saturated carbocycles. The Bertz CT molecular complexity index is 978. The summed E-state index contributed by atoms with van der Waals surface area (Å²) in [5.41, 5.74) is 2.99. The molecule has 0 aliphatic rings. The summed E-state index contributed by atoms with van der Waals surface area (Å²) in [6.45, 7) is 7.85. The number of carboxylic acids is 1. The number of carbonyl (C=O) groups is 1. The Balaban J connectivity index is 1.81. The standard InChI is InChI=1S/C24H29N3O3/c1-4-15-30-24-25-22(27(26-24)14-13-17(2)3)16-18-9-11-19(12-10-18)20-7-5-6-8-21(20)23(28)29/h5-12,17H,4,13-16H2,1-3H3,(H,28,29). The molecule has 0 bridgehead atoms. The zero-order valence-corrected chi connectivity index (χ0v) is 17.8. The first kappa shape index (κ1) is 21.6. The van der Waals surface area contributed by atoms with Crippen LogP contribution in [0.25, 0.3) is 11.1 Å². The van der Waals surface area contributed by atoms with E-state index in [1.54, 1.807) is 12.1 Å². The van der Waals surface area contributed by atoms with Gasteiger partial charge in [-0.05, 0) is 41.5 Å². The molecule has 0 aliphatic heterocycles. The lowest BCUT2D eigenvalue weighted by molar-refractivity contribution is 0.0697. The van der Waals surface area contributed by atoms with Gasteiger partial charge in [-0.1, -0.05) is 63.2 Å². The van der Waals surface area contributed by atoms with Crippen molar-refractivity contribution in [2.75, 3.05) is 6.61 Å². The molecule has 0 atom stereocenters. The number of hydrogen-bond donors (Lipinski definition) is 1. The minimum Gasteiger partial charge on any atom is -0.478 e. The van der Waals surface area contributed by atoms with Crippen LogP contribution in [0.15, 0.2) is 48.5 Å². The highest BCUT2D eigenvalue weighted by molar-refractivity contribution is 5.95. The first-order valence-corrected chi connectivity index (χ1v) is 10.5. The molecule has 1 aromatic heterocycles. The van der Waals surface area contributed by atoms with Gasteiger partial charge in [-0.15, -0.1) is 5.10 Å². The van der Waals surface area contributed by atoms with Gasteiger partial charge in [0.25, 0.3) is 0 Å². The molecule has 2 aromatic carbocycles. The Kier molecular flexibility index (Phi) is 7.22. The Labute approximate surface area is 177 Å². The third-order valence-electron chi connectivity index (χ3n) is 4.87. The zero-order valence-electron chi connectivity index (χ0n) is 17.8. The quantitative estimate of drug-likeness (QED) is 0.508. The SMILES string of the molecule is CCCOc1nc(Cc2ccc(-c3ccccc3C(=O)O)cc2)n(CCC(C)C)n1. The molecule has 6 nitrogen and oxygen atoms in total. The lowest BCUT2D eigenvalue weighted by atomic mass is 9.98. The molecular formula is C24H29N3O3. The van der Waals surface area contributed by atoms with E-state index >= 15 is 0 Å². The first-order chi connectivity index (χ1) is 14.5. The van der Waals surface area contributed by atoms with Gasteiger partial charge in [0.2, 0.25) is 0 Å². The van der Waals surface area contributed by atoms with Crippen LogP contribution >= 0.6 is 0 Å². The van der Waals surface area contributed by atoms with Crippen LogP contribution in [0.2, 0.25) is 0 Å². The highest BCUT2D eigenvalue weighted by Gasteiger charge is 2.14. The third kappa shape index (κ3) is 5.47. The third-order valence-corrected chi connectivity index (χ3v) is 4.87. The molecule has 3 aromatic rings. The number of hydrogen-bond acceptors (Lipinski definition) is 4. The van der Waals surface area contributed by atoms with E-state index in [2.05, 4.69) is 30.9 Å². The van der Waals surface area contributed by atoms with Crippen molar-refractivity contribution in [3.8, 4) is 17.1 Å². The van der Waals surface area contributed by atoms with Crippen LogP contribution in [0.1, 0.15) is 55.4 Å². The fourth-order valence-corrected chi connectivity index (χ4v) is 3.20. The number of aromatic carboxylic acids is 1. The van der Waals surface area contributed by atoms with Crippen molar-refractivity contribution in [3.05, 3.63) is 65.5 Å². The van der Waals surface area contributed by atoms with Gasteiger partial charge in [-0.25, -0.2) is 9.48 Å². The van der Waals surface area contributed by atoms with Gasteiger partial charge >= 0.3 is 12.0 Å². The fourth-order valence-electron chi connectivity index (χ4n) is 3.20. The van der Waals surface area contributed by atoms with E-state index in [4.69, 9.17) is 4.74 Å². The van der Waals surface area contributed by atoms with Gasteiger partial charge in [0.15, 0.2) is 0 Å². The molecule has 0 radical (unpaired) electrons. The van der Waals surface area contributed by atoms with Crippen molar-refractivity contribution in [2.24, 2.45) is 5.92 Å². The summed E-state index contributed by atoms with van der Waals surface area (Å²) in [6.07, 6.45) is 2.57. The maximum absolute atomic E-state index is 11.5. The highest BCUT2D eigenvalue weighted by atomic mass is 16.5. The van der Waals surface area contributed by atoms with Crippen molar-refractivity contribution < 1.29 is 14.6 Å². The van der Waals surface area contributed by atoms with Gasteiger partial charge in [0.1, 0.15) is 5.82 Å². The predicted molar refractivity (Wildman–Crippen MR) is 117 cm³/mol. The average molecular weight is 408 g/mol. The minimum absolute atomic E-state index is 0.302.